The number of nitrogens with zero attached hydrogens (tertiary/aromatic N) is 4. The van der Waals surface area contributed by atoms with Crippen molar-refractivity contribution in [3.63, 3.8) is 0 Å². The molecule has 1 aromatic heterocycles. The van der Waals surface area contributed by atoms with Gasteiger partial charge < -0.3 is 0 Å². The van der Waals surface area contributed by atoms with E-state index in [0.29, 0.717) is 11.3 Å². The zero-order chi connectivity index (χ0) is 18.5. The van der Waals surface area contributed by atoms with Gasteiger partial charge in [-0.25, -0.2) is 9.07 Å². The van der Waals surface area contributed by atoms with E-state index in [2.05, 4.69) is 26.4 Å². The third-order valence-corrected chi connectivity index (χ3v) is 3.81. The van der Waals surface area contributed by atoms with Crippen LogP contribution in [0.25, 0.3) is 5.69 Å². The second-order valence-corrected chi connectivity index (χ2v) is 5.59. The van der Waals surface area contributed by atoms with Gasteiger partial charge in [-0.15, -0.1) is 5.10 Å². The molecule has 0 aliphatic heterocycles. The highest BCUT2D eigenvalue weighted by Crippen LogP contribution is 2.19. The lowest BCUT2D eigenvalue weighted by atomic mass is 10.1. The van der Waals surface area contributed by atoms with Gasteiger partial charge >= 0.3 is 0 Å². The third kappa shape index (κ3) is 4.01. The van der Waals surface area contributed by atoms with Crippen LogP contribution < -0.4 is 10.9 Å². The molecular formula is C16H12ClFN6O2. The molecule has 10 heteroatoms. The quantitative estimate of drug-likeness (QED) is 0.673. The first kappa shape index (κ1) is 17.5. The minimum Gasteiger partial charge on any atom is -0.273 e. The summed E-state index contributed by atoms with van der Waals surface area (Å²) in [7, 11) is 0. The van der Waals surface area contributed by atoms with Gasteiger partial charge in [-0.2, -0.15) is 0 Å². The van der Waals surface area contributed by atoms with Gasteiger partial charge in [0.15, 0.2) is 0 Å². The standard InChI is InChI=1S/C16H12ClFN6O2/c17-13-2-1-3-14(18)12(13)8-15(25)20-21-16(26)10-4-6-11(7-5-10)24-9-19-22-23-24/h1-7,9H,8H2,(H,20,25)(H,21,26). The van der Waals surface area contributed by atoms with Crippen molar-refractivity contribution in [1.29, 1.82) is 0 Å². The smallest absolute Gasteiger partial charge is 0.269 e. The fraction of sp³-hybridized carbons (Fsp3) is 0.0625. The zero-order valence-electron chi connectivity index (χ0n) is 13.2. The lowest BCUT2D eigenvalue weighted by Crippen LogP contribution is -2.42. The number of benzene rings is 2. The fourth-order valence-electron chi connectivity index (χ4n) is 2.15. The molecule has 0 atom stereocenters. The molecule has 0 radical (unpaired) electrons. The summed E-state index contributed by atoms with van der Waals surface area (Å²) in [6.07, 6.45) is 1.12. The number of nitrogens with one attached hydrogen (secondary N) is 2. The molecule has 0 aliphatic rings. The highest BCUT2D eigenvalue weighted by atomic mass is 35.5. The number of rotatable bonds is 4. The molecule has 3 aromatic rings. The molecule has 1 heterocycles. The largest absolute Gasteiger partial charge is 0.273 e. The van der Waals surface area contributed by atoms with Crippen molar-refractivity contribution in [3.8, 4) is 5.69 Å². The Balaban J connectivity index is 1.57. The molecule has 2 amide bonds. The lowest BCUT2D eigenvalue weighted by Gasteiger charge is -2.09. The second kappa shape index (κ2) is 7.70. The van der Waals surface area contributed by atoms with E-state index in [1.807, 2.05) is 0 Å². The summed E-state index contributed by atoms with van der Waals surface area (Å²) in [4.78, 5) is 23.9. The van der Waals surface area contributed by atoms with Crippen LogP contribution in [-0.4, -0.2) is 32.0 Å². The average molecular weight is 375 g/mol. The fourth-order valence-corrected chi connectivity index (χ4v) is 2.38. The van der Waals surface area contributed by atoms with E-state index in [1.54, 1.807) is 24.3 Å². The van der Waals surface area contributed by atoms with E-state index in [0.717, 1.165) is 0 Å². The van der Waals surface area contributed by atoms with Crippen LogP contribution in [0.3, 0.4) is 0 Å². The first-order valence-corrected chi connectivity index (χ1v) is 7.78. The van der Waals surface area contributed by atoms with Crippen LogP contribution in [0.2, 0.25) is 5.02 Å². The number of carbonyl (C=O) groups excluding carboxylic acids is 2. The number of tetrazole rings is 1. The van der Waals surface area contributed by atoms with Gasteiger partial charge in [-0.05, 0) is 46.8 Å². The zero-order valence-corrected chi connectivity index (χ0v) is 13.9. The Hall–Kier alpha value is -3.33. The minimum atomic E-state index is -0.601. The number of carbonyl (C=O) groups is 2. The monoisotopic (exact) mass is 374 g/mol. The van der Waals surface area contributed by atoms with Gasteiger partial charge in [0.1, 0.15) is 12.1 Å². The van der Waals surface area contributed by atoms with Crippen LogP contribution >= 0.6 is 11.6 Å². The summed E-state index contributed by atoms with van der Waals surface area (Å²) in [5.74, 6) is -1.71. The second-order valence-electron chi connectivity index (χ2n) is 5.18. The summed E-state index contributed by atoms with van der Waals surface area (Å²) >= 11 is 5.87. The number of hydrazine groups is 1. The van der Waals surface area contributed by atoms with Gasteiger partial charge in [-0.3, -0.25) is 20.4 Å². The minimum absolute atomic E-state index is 0.0618. The molecule has 8 nitrogen and oxygen atoms in total. The summed E-state index contributed by atoms with van der Waals surface area (Å²) in [5.41, 5.74) is 5.53. The molecule has 0 fully saturated rings. The highest BCUT2D eigenvalue weighted by molar-refractivity contribution is 6.31. The molecular weight excluding hydrogens is 363 g/mol. The topological polar surface area (TPSA) is 102 Å². The summed E-state index contributed by atoms with van der Waals surface area (Å²) in [6, 6.07) is 10.5. The van der Waals surface area contributed by atoms with E-state index < -0.39 is 17.6 Å². The predicted molar refractivity (Wildman–Crippen MR) is 89.9 cm³/mol. The summed E-state index contributed by atoms with van der Waals surface area (Å²) < 4.78 is 15.1. The maximum atomic E-state index is 13.7. The molecule has 2 aromatic carbocycles. The average Bonchev–Trinajstić information content (AvgIpc) is 3.18. The maximum absolute atomic E-state index is 13.7. The van der Waals surface area contributed by atoms with E-state index >= 15 is 0 Å². The van der Waals surface area contributed by atoms with Crippen molar-refractivity contribution in [2.24, 2.45) is 0 Å². The number of aromatic nitrogens is 4. The lowest BCUT2D eigenvalue weighted by molar-refractivity contribution is -0.121. The summed E-state index contributed by atoms with van der Waals surface area (Å²) in [6.45, 7) is 0. The maximum Gasteiger partial charge on any atom is 0.269 e. The molecule has 0 saturated carbocycles. The van der Waals surface area contributed by atoms with Gasteiger partial charge in [0.2, 0.25) is 5.91 Å². The first-order chi connectivity index (χ1) is 12.5. The SMILES string of the molecule is O=C(Cc1c(F)cccc1Cl)NNC(=O)c1ccc(-n2cnnn2)cc1. The van der Waals surface area contributed by atoms with Crippen LogP contribution in [0.4, 0.5) is 4.39 Å². The molecule has 0 aliphatic carbocycles. The van der Waals surface area contributed by atoms with E-state index in [-0.39, 0.29) is 17.0 Å². The van der Waals surface area contributed by atoms with Crippen LogP contribution in [0.15, 0.2) is 48.8 Å². The number of hydrogen-bond donors (Lipinski definition) is 2. The van der Waals surface area contributed by atoms with Gasteiger partial charge in [-0.1, -0.05) is 17.7 Å². The summed E-state index contributed by atoms with van der Waals surface area (Å²) in [5, 5.41) is 10.9. The highest BCUT2D eigenvalue weighted by Gasteiger charge is 2.13. The van der Waals surface area contributed by atoms with E-state index in [9.17, 15) is 14.0 Å². The molecule has 132 valence electrons. The molecule has 0 unspecified atom stereocenters. The van der Waals surface area contributed by atoms with Crippen LogP contribution in [-0.2, 0) is 11.2 Å². The van der Waals surface area contributed by atoms with Crippen molar-refractivity contribution >= 4 is 23.4 Å². The Bertz CT molecular complexity index is 910. The molecule has 0 bridgehead atoms. The Kier molecular flexibility index (Phi) is 5.18. The van der Waals surface area contributed by atoms with Crippen LogP contribution in [0, 0.1) is 5.82 Å². The molecule has 0 spiro atoms. The Morgan fingerprint density at radius 2 is 1.88 bits per heavy atom. The molecule has 2 N–H and O–H groups in total. The Labute approximate surface area is 151 Å². The predicted octanol–water partition coefficient (Wildman–Crippen LogP) is 1.46. The number of hydrogen-bond acceptors (Lipinski definition) is 5. The normalized spacial score (nSPS) is 10.4. The van der Waals surface area contributed by atoms with Crippen molar-refractivity contribution in [2.75, 3.05) is 0 Å². The molecule has 0 saturated heterocycles. The Morgan fingerprint density at radius 3 is 2.54 bits per heavy atom. The van der Waals surface area contributed by atoms with Crippen LogP contribution in [0.1, 0.15) is 15.9 Å². The number of halogens is 2. The van der Waals surface area contributed by atoms with Gasteiger partial charge in [0.05, 0.1) is 12.1 Å². The van der Waals surface area contributed by atoms with Gasteiger partial charge in [0, 0.05) is 16.1 Å². The van der Waals surface area contributed by atoms with Crippen molar-refractivity contribution < 1.29 is 14.0 Å². The van der Waals surface area contributed by atoms with E-state index in [4.69, 9.17) is 11.6 Å². The van der Waals surface area contributed by atoms with Crippen molar-refractivity contribution in [1.82, 2.24) is 31.1 Å². The number of amides is 2. The molecule has 26 heavy (non-hydrogen) atoms. The van der Waals surface area contributed by atoms with E-state index in [1.165, 1.54) is 29.2 Å². The third-order valence-electron chi connectivity index (χ3n) is 3.46. The van der Waals surface area contributed by atoms with Crippen LogP contribution in [0.5, 0.6) is 0 Å². The van der Waals surface area contributed by atoms with Crippen molar-refractivity contribution in [3.05, 3.63) is 70.8 Å². The first-order valence-electron chi connectivity index (χ1n) is 7.40. The Morgan fingerprint density at radius 1 is 1.12 bits per heavy atom. The van der Waals surface area contributed by atoms with Crippen molar-refractivity contribution in [2.45, 2.75) is 6.42 Å². The van der Waals surface area contributed by atoms with Gasteiger partial charge in [0.25, 0.3) is 5.91 Å². The molecule has 3 rings (SSSR count).